The summed E-state index contributed by atoms with van der Waals surface area (Å²) in [6, 6.07) is 12.1. The zero-order valence-electron chi connectivity index (χ0n) is 16.9. The standard InChI is InChI=1S/C22H28N4O/c1-14(2)17(5)23-22(27)21-13-18(20-8-7-11-25(20)6)24-26(21)19-10-9-15(3)12-16(19)4/h7-14,17H,1-6H3,(H,23,27)/t17-/m1/s1. The summed E-state index contributed by atoms with van der Waals surface area (Å²) in [5.41, 5.74) is 5.50. The lowest BCUT2D eigenvalue weighted by Gasteiger charge is -2.18. The number of hydrogen-bond donors (Lipinski definition) is 1. The van der Waals surface area contributed by atoms with Gasteiger partial charge in [-0.05, 0) is 56.5 Å². The maximum absolute atomic E-state index is 13.0. The number of nitrogens with one attached hydrogen (secondary N) is 1. The molecule has 5 heteroatoms. The fourth-order valence-corrected chi connectivity index (χ4v) is 3.07. The van der Waals surface area contributed by atoms with Crippen LogP contribution in [0.25, 0.3) is 17.1 Å². The van der Waals surface area contributed by atoms with Gasteiger partial charge in [0.1, 0.15) is 11.4 Å². The molecule has 1 N–H and O–H groups in total. The van der Waals surface area contributed by atoms with Crippen molar-refractivity contribution in [2.45, 2.75) is 40.7 Å². The summed E-state index contributed by atoms with van der Waals surface area (Å²) in [4.78, 5) is 13.0. The Labute approximate surface area is 161 Å². The highest BCUT2D eigenvalue weighted by Gasteiger charge is 2.21. The zero-order chi connectivity index (χ0) is 19.7. The second-order valence-corrected chi connectivity index (χ2v) is 7.63. The molecular formula is C22H28N4O. The Bertz CT molecular complexity index is 965. The van der Waals surface area contributed by atoms with Crippen LogP contribution in [0.1, 0.15) is 42.4 Å². The Morgan fingerprint density at radius 3 is 2.44 bits per heavy atom. The molecule has 1 atom stereocenters. The summed E-state index contributed by atoms with van der Waals surface area (Å²) in [6.45, 7) is 10.3. The molecule has 0 fully saturated rings. The molecule has 142 valence electrons. The molecule has 3 rings (SSSR count). The molecule has 3 aromatic rings. The highest BCUT2D eigenvalue weighted by molar-refractivity contribution is 5.94. The number of aryl methyl sites for hydroxylation is 3. The first kappa shape index (κ1) is 19.0. The van der Waals surface area contributed by atoms with Crippen LogP contribution in [0.3, 0.4) is 0 Å². The molecule has 0 bridgehead atoms. The maximum atomic E-state index is 13.0. The number of carbonyl (C=O) groups is 1. The van der Waals surface area contributed by atoms with Crippen molar-refractivity contribution in [2.75, 3.05) is 0 Å². The Balaban J connectivity index is 2.11. The Morgan fingerprint density at radius 2 is 1.85 bits per heavy atom. The smallest absolute Gasteiger partial charge is 0.270 e. The van der Waals surface area contributed by atoms with Crippen LogP contribution in [0.15, 0.2) is 42.6 Å². The molecular weight excluding hydrogens is 336 g/mol. The number of amides is 1. The average molecular weight is 364 g/mol. The molecule has 1 aromatic carbocycles. The van der Waals surface area contributed by atoms with Gasteiger partial charge < -0.3 is 9.88 Å². The number of hydrogen-bond acceptors (Lipinski definition) is 2. The molecule has 0 aliphatic rings. The summed E-state index contributed by atoms with van der Waals surface area (Å²) in [5.74, 6) is 0.253. The summed E-state index contributed by atoms with van der Waals surface area (Å²) >= 11 is 0. The monoisotopic (exact) mass is 364 g/mol. The van der Waals surface area contributed by atoms with Crippen molar-refractivity contribution in [2.24, 2.45) is 13.0 Å². The highest BCUT2D eigenvalue weighted by Crippen LogP contribution is 2.24. The van der Waals surface area contributed by atoms with E-state index in [0.29, 0.717) is 11.6 Å². The molecule has 0 aliphatic carbocycles. The molecule has 5 nitrogen and oxygen atoms in total. The second kappa shape index (κ2) is 7.43. The van der Waals surface area contributed by atoms with Gasteiger partial charge in [0.05, 0.1) is 11.4 Å². The topological polar surface area (TPSA) is 51.9 Å². The quantitative estimate of drug-likeness (QED) is 0.735. The minimum atomic E-state index is -0.107. The molecule has 2 heterocycles. The Hall–Kier alpha value is -2.82. The van der Waals surface area contributed by atoms with Gasteiger partial charge in [0, 0.05) is 19.3 Å². The minimum absolute atomic E-state index is 0.0819. The molecule has 2 aromatic heterocycles. The van der Waals surface area contributed by atoms with Crippen LogP contribution in [0, 0.1) is 19.8 Å². The maximum Gasteiger partial charge on any atom is 0.270 e. The van der Waals surface area contributed by atoms with Gasteiger partial charge >= 0.3 is 0 Å². The third-order valence-corrected chi connectivity index (χ3v) is 5.09. The summed E-state index contributed by atoms with van der Waals surface area (Å²) in [6.07, 6.45) is 1.98. The van der Waals surface area contributed by atoms with Gasteiger partial charge in [0.2, 0.25) is 0 Å². The van der Waals surface area contributed by atoms with E-state index in [-0.39, 0.29) is 11.9 Å². The van der Waals surface area contributed by atoms with Crippen molar-refractivity contribution in [3.05, 3.63) is 59.4 Å². The van der Waals surface area contributed by atoms with E-state index < -0.39 is 0 Å². The first-order chi connectivity index (χ1) is 12.8. The van der Waals surface area contributed by atoms with Crippen LogP contribution in [0.2, 0.25) is 0 Å². The van der Waals surface area contributed by atoms with E-state index in [2.05, 4.69) is 32.2 Å². The first-order valence-electron chi connectivity index (χ1n) is 9.38. The van der Waals surface area contributed by atoms with E-state index >= 15 is 0 Å². The molecule has 1 amide bonds. The normalized spacial score (nSPS) is 12.4. The van der Waals surface area contributed by atoms with Gasteiger partial charge in [0.15, 0.2) is 0 Å². The number of aromatic nitrogens is 3. The minimum Gasteiger partial charge on any atom is -0.349 e. The Morgan fingerprint density at radius 1 is 1.11 bits per heavy atom. The lowest BCUT2D eigenvalue weighted by molar-refractivity contribution is 0.0922. The van der Waals surface area contributed by atoms with Crippen molar-refractivity contribution < 1.29 is 4.79 Å². The van der Waals surface area contributed by atoms with Crippen LogP contribution in [0.4, 0.5) is 0 Å². The van der Waals surface area contributed by atoms with Gasteiger partial charge in [-0.25, -0.2) is 4.68 Å². The molecule has 0 radical (unpaired) electrons. The van der Waals surface area contributed by atoms with E-state index in [9.17, 15) is 4.79 Å². The fraction of sp³-hybridized carbons (Fsp3) is 0.364. The van der Waals surface area contributed by atoms with Crippen molar-refractivity contribution >= 4 is 5.91 Å². The first-order valence-corrected chi connectivity index (χ1v) is 9.38. The predicted octanol–water partition coefficient (Wildman–Crippen LogP) is 4.27. The molecule has 0 saturated carbocycles. The SMILES string of the molecule is Cc1ccc(-n2nc(-c3cccn3C)cc2C(=O)N[C@H](C)C(C)C)c(C)c1. The Kier molecular flexibility index (Phi) is 5.22. The van der Waals surface area contributed by atoms with Gasteiger partial charge in [-0.3, -0.25) is 4.79 Å². The van der Waals surface area contributed by atoms with E-state index in [1.165, 1.54) is 5.56 Å². The molecule has 0 spiro atoms. The number of carbonyl (C=O) groups excluding carboxylic acids is 1. The lowest BCUT2D eigenvalue weighted by atomic mass is 10.1. The summed E-state index contributed by atoms with van der Waals surface area (Å²) < 4.78 is 3.77. The molecule has 0 unspecified atom stereocenters. The van der Waals surface area contributed by atoms with Gasteiger partial charge in [-0.1, -0.05) is 31.5 Å². The van der Waals surface area contributed by atoms with Crippen LogP contribution in [-0.4, -0.2) is 26.3 Å². The number of rotatable bonds is 5. The summed E-state index contributed by atoms with van der Waals surface area (Å²) in [5, 5.41) is 7.89. The number of nitrogens with zero attached hydrogens (tertiary/aromatic N) is 3. The van der Waals surface area contributed by atoms with E-state index in [0.717, 1.165) is 22.6 Å². The molecule has 27 heavy (non-hydrogen) atoms. The number of benzene rings is 1. The van der Waals surface area contributed by atoms with E-state index in [1.807, 2.05) is 62.0 Å². The van der Waals surface area contributed by atoms with Crippen molar-refractivity contribution in [3.63, 3.8) is 0 Å². The lowest BCUT2D eigenvalue weighted by Crippen LogP contribution is -2.37. The fourth-order valence-electron chi connectivity index (χ4n) is 3.07. The van der Waals surface area contributed by atoms with Crippen LogP contribution >= 0.6 is 0 Å². The van der Waals surface area contributed by atoms with Crippen LogP contribution < -0.4 is 5.32 Å². The average Bonchev–Trinajstić information content (AvgIpc) is 3.20. The van der Waals surface area contributed by atoms with Crippen molar-refractivity contribution in [1.29, 1.82) is 0 Å². The highest BCUT2D eigenvalue weighted by atomic mass is 16.2. The summed E-state index contributed by atoms with van der Waals surface area (Å²) in [7, 11) is 1.98. The van der Waals surface area contributed by atoms with E-state index in [1.54, 1.807) is 4.68 Å². The third-order valence-electron chi connectivity index (χ3n) is 5.09. The van der Waals surface area contributed by atoms with Crippen molar-refractivity contribution in [3.8, 4) is 17.1 Å². The van der Waals surface area contributed by atoms with Gasteiger partial charge in [0.25, 0.3) is 5.91 Å². The molecule has 0 saturated heterocycles. The van der Waals surface area contributed by atoms with Crippen LogP contribution in [0.5, 0.6) is 0 Å². The van der Waals surface area contributed by atoms with Crippen molar-refractivity contribution in [1.82, 2.24) is 19.7 Å². The molecule has 0 aliphatic heterocycles. The largest absolute Gasteiger partial charge is 0.349 e. The van der Waals surface area contributed by atoms with Gasteiger partial charge in [-0.2, -0.15) is 5.10 Å². The van der Waals surface area contributed by atoms with E-state index in [4.69, 9.17) is 5.10 Å². The van der Waals surface area contributed by atoms with Crippen LogP contribution in [-0.2, 0) is 7.05 Å². The second-order valence-electron chi connectivity index (χ2n) is 7.63. The van der Waals surface area contributed by atoms with Gasteiger partial charge in [-0.15, -0.1) is 0 Å². The third kappa shape index (κ3) is 3.82. The predicted molar refractivity (Wildman–Crippen MR) is 109 cm³/mol. The zero-order valence-corrected chi connectivity index (χ0v) is 16.9.